The minimum absolute atomic E-state index is 0.101. The zero-order valence-corrected chi connectivity index (χ0v) is 13.6. The van der Waals surface area contributed by atoms with Crippen molar-refractivity contribution in [1.29, 1.82) is 0 Å². The molecule has 0 bridgehead atoms. The maximum atomic E-state index is 12.5. The summed E-state index contributed by atoms with van der Waals surface area (Å²) < 4.78 is 33.2. The molecule has 6 heteroatoms. The zero-order chi connectivity index (χ0) is 15.6. The molecule has 1 aliphatic rings. The van der Waals surface area contributed by atoms with Crippen molar-refractivity contribution in [3.05, 3.63) is 23.8 Å². The second-order valence-electron chi connectivity index (χ2n) is 6.09. The second kappa shape index (κ2) is 6.34. The van der Waals surface area contributed by atoms with Crippen LogP contribution in [0, 0.1) is 5.92 Å². The van der Waals surface area contributed by atoms with E-state index < -0.39 is 10.0 Å². The predicted molar refractivity (Wildman–Crippen MR) is 82.9 cm³/mol. The van der Waals surface area contributed by atoms with Crippen molar-refractivity contribution < 1.29 is 13.2 Å². The van der Waals surface area contributed by atoms with E-state index in [0.29, 0.717) is 12.5 Å². The van der Waals surface area contributed by atoms with Gasteiger partial charge in [0.15, 0.2) is 0 Å². The van der Waals surface area contributed by atoms with Gasteiger partial charge in [0.2, 0.25) is 10.0 Å². The van der Waals surface area contributed by atoms with Crippen LogP contribution in [0.5, 0.6) is 5.75 Å². The largest absolute Gasteiger partial charge is 0.490 e. The van der Waals surface area contributed by atoms with Gasteiger partial charge < -0.3 is 10.5 Å². The maximum absolute atomic E-state index is 12.5. The van der Waals surface area contributed by atoms with E-state index in [1.807, 2.05) is 20.8 Å². The van der Waals surface area contributed by atoms with Crippen LogP contribution in [-0.4, -0.2) is 27.1 Å². The van der Waals surface area contributed by atoms with E-state index in [4.69, 9.17) is 10.5 Å². The van der Waals surface area contributed by atoms with Gasteiger partial charge in [-0.3, -0.25) is 0 Å². The highest BCUT2D eigenvalue weighted by atomic mass is 32.2. The number of hydrogen-bond donors (Lipinski definition) is 2. The predicted octanol–water partition coefficient (Wildman–Crippen LogP) is 1.66. The van der Waals surface area contributed by atoms with E-state index in [9.17, 15) is 8.42 Å². The highest BCUT2D eigenvalue weighted by molar-refractivity contribution is 7.89. The van der Waals surface area contributed by atoms with Crippen molar-refractivity contribution in [2.24, 2.45) is 11.7 Å². The Bertz CT molecular complexity index is 599. The van der Waals surface area contributed by atoms with Crippen LogP contribution in [-0.2, 0) is 16.4 Å². The lowest BCUT2D eigenvalue weighted by atomic mass is 10.1. The molecule has 1 aliphatic heterocycles. The standard InChI is InChI=1S/C15H24N2O3S/c1-10(2)6-13(9-16)17-21(18,19)14-4-5-15-12(8-14)7-11(3)20-15/h4-5,8,10-11,13,17H,6-7,9,16H2,1-3H3. The molecule has 1 heterocycles. The Balaban J connectivity index is 2.18. The molecule has 0 saturated carbocycles. The first-order chi connectivity index (χ1) is 9.81. The molecule has 2 atom stereocenters. The number of ether oxygens (including phenoxy) is 1. The van der Waals surface area contributed by atoms with Gasteiger partial charge in [0, 0.05) is 19.0 Å². The van der Waals surface area contributed by atoms with Crippen LogP contribution in [0.2, 0.25) is 0 Å². The maximum Gasteiger partial charge on any atom is 0.240 e. The molecule has 2 unspecified atom stereocenters. The van der Waals surface area contributed by atoms with Crippen molar-refractivity contribution in [2.75, 3.05) is 6.54 Å². The fourth-order valence-electron chi connectivity index (χ4n) is 2.61. The number of rotatable bonds is 6. The molecule has 0 spiro atoms. The molecule has 5 nitrogen and oxygen atoms in total. The van der Waals surface area contributed by atoms with Crippen LogP contribution < -0.4 is 15.2 Å². The van der Waals surface area contributed by atoms with Crippen molar-refractivity contribution >= 4 is 10.0 Å². The molecule has 0 fully saturated rings. The molecule has 0 aromatic heterocycles. The normalized spacial score (nSPS) is 19.4. The third-order valence-electron chi connectivity index (χ3n) is 3.54. The molecule has 2 rings (SSSR count). The average Bonchev–Trinajstić information content (AvgIpc) is 2.76. The van der Waals surface area contributed by atoms with E-state index in [0.717, 1.165) is 24.2 Å². The van der Waals surface area contributed by atoms with Gasteiger partial charge in [0.25, 0.3) is 0 Å². The number of hydrogen-bond acceptors (Lipinski definition) is 4. The van der Waals surface area contributed by atoms with E-state index in [2.05, 4.69) is 4.72 Å². The van der Waals surface area contributed by atoms with Gasteiger partial charge in [-0.15, -0.1) is 0 Å². The van der Waals surface area contributed by atoms with Crippen LogP contribution in [0.15, 0.2) is 23.1 Å². The first-order valence-corrected chi connectivity index (χ1v) is 8.82. The third-order valence-corrected chi connectivity index (χ3v) is 5.06. The van der Waals surface area contributed by atoms with Gasteiger partial charge in [-0.05, 0) is 43.0 Å². The van der Waals surface area contributed by atoms with Gasteiger partial charge >= 0.3 is 0 Å². The van der Waals surface area contributed by atoms with E-state index in [1.54, 1.807) is 18.2 Å². The molecule has 0 saturated heterocycles. The number of nitrogens with one attached hydrogen (secondary N) is 1. The second-order valence-corrected chi connectivity index (χ2v) is 7.80. The summed E-state index contributed by atoms with van der Waals surface area (Å²) in [6.07, 6.45) is 1.56. The highest BCUT2D eigenvalue weighted by Crippen LogP contribution is 2.30. The van der Waals surface area contributed by atoms with Gasteiger partial charge in [-0.25, -0.2) is 13.1 Å². The molecule has 1 aromatic rings. The number of fused-ring (bicyclic) bond motifs is 1. The van der Waals surface area contributed by atoms with Crippen LogP contribution in [0.4, 0.5) is 0 Å². The summed E-state index contributed by atoms with van der Waals surface area (Å²) in [5, 5.41) is 0. The lowest BCUT2D eigenvalue weighted by molar-refractivity contribution is 0.254. The number of nitrogens with two attached hydrogens (primary N) is 1. The van der Waals surface area contributed by atoms with Crippen LogP contribution in [0.1, 0.15) is 32.8 Å². The lowest BCUT2D eigenvalue weighted by Crippen LogP contribution is -2.40. The van der Waals surface area contributed by atoms with Gasteiger partial charge in [0.05, 0.1) is 4.90 Å². The summed E-state index contributed by atoms with van der Waals surface area (Å²) >= 11 is 0. The van der Waals surface area contributed by atoms with Crippen molar-refractivity contribution in [3.63, 3.8) is 0 Å². The molecular formula is C15H24N2O3S. The summed E-state index contributed by atoms with van der Waals surface area (Å²) in [4.78, 5) is 0.279. The third kappa shape index (κ3) is 3.96. The topological polar surface area (TPSA) is 81.4 Å². The molecule has 0 radical (unpaired) electrons. The minimum Gasteiger partial charge on any atom is -0.490 e. The Hall–Kier alpha value is -1.11. The van der Waals surface area contributed by atoms with Crippen molar-refractivity contribution in [1.82, 2.24) is 4.72 Å². The minimum atomic E-state index is -3.54. The van der Waals surface area contributed by atoms with E-state index in [1.165, 1.54) is 0 Å². The molecule has 1 aromatic carbocycles. The number of benzene rings is 1. The summed E-state index contributed by atoms with van der Waals surface area (Å²) in [7, 11) is -3.54. The van der Waals surface area contributed by atoms with Gasteiger partial charge in [-0.1, -0.05) is 13.8 Å². The summed E-state index contributed by atoms with van der Waals surface area (Å²) in [5.74, 6) is 1.16. The Kier molecular flexibility index (Phi) is 4.91. The highest BCUT2D eigenvalue weighted by Gasteiger charge is 2.24. The monoisotopic (exact) mass is 312 g/mol. The Morgan fingerprint density at radius 1 is 1.43 bits per heavy atom. The molecule has 21 heavy (non-hydrogen) atoms. The first kappa shape index (κ1) is 16.3. The Morgan fingerprint density at radius 3 is 2.76 bits per heavy atom. The zero-order valence-electron chi connectivity index (χ0n) is 12.8. The Morgan fingerprint density at radius 2 is 2.14 bits per heavy atom. The molecule has 0 aliphatic carbocycles. The molecule has 0 amide bonds. The smallest absolute Gasteiger partial charge is 0.240 e. The molecule has 118 valence electrons. The van der Waals surface area contributed by atoms with E-state index >= 15 is 0 Å². The Labute approximate surface area is 126 Å². The first-order valence-electron chi connectivity index (χ1n) is 7.33. The summed E-state index contributed by atoms with van der Waals surface area (Å²) in [6.45, 7) is 6.36. The molecular weight excluding hydrogens is 288 g/mol. The van der Waals surface area contributed by atoms with Crippen LogP contribution in [0.25, 0.3) is 0 Å². The van der Waals surface area contributed by atoms with Gasteiger partial charge in [0.1, 0.15) is 11.9 Å². The fourth-order valence-corrected chi connectivity index (χ4v) is 3.93. The van der Waals surface area contributed by atoms with Crippen LogP contribution in [0.3, 0.4) is 0 Å². The quantitative estimate of drug-likeness (QED) is 0.837. The van der Waals surface area contributed by atoms with Gasteiger partial charge in [-0.2, -0.15) is 0 Å². The fraction of sp³-hybridized carbons (Fsp3) is 0.600. The lowest BCUT2D eigenvalue weighted by Gasteiger charge is -2.19. The number of sulfonamides is 1. The average molecular weight is 312 g/mol. The SMILES string of the molecule is CC(C)CC(CN)NS(=O)(=O)c1ccc2c(c1)CC(C)O2. The van der Waals surface area contributed by atoms with Crippen LogP contribution >= 0.6 is 0 Å². The summed E-state index contributed by atoms with van der Waals surface area (Å²) in [5.41, 5.74) is 6.61. The molecule has 3 N–H and O–H groups in total. The van der Waals surface area contributed by atoms with E-state index in [-0.39, 0.29) is 17.0 Å². The van der Waals surface area contributed by atoms with Crippen molar-refractivity contribution in [3.8, 4) is 5.75 Å². The van der Waals surface area contributed by atoms with Crippen molar-refractivity contribution in [2.45, 2.75) is 50.7 Å². The summed E-state index contributed by atoms with van der Waals surface area (Å²) in [6, 6.07) is 4.78.